The van der Waals surface area contributed by atoms with Crippen LogP contribution in [0.4, 0.5) is 13.2 Å². The Balaban J connectivity index is 0.00000256. The predicted octanol–water partition coefficient (Wildman–Crippen LogP) is 4.11. The van der Waals surface area contributed by atoms with E-state index in [0.29, 0.717) is 6.42 Å². The molecule has 0 spiro atoms. The molecular weight excluding hydrogens is 251 g/mol. The number of halogens is 4. The Labute approximate surface area is 106 Å². The monoisotopic (exact) mass is 267 g/mol. The molecule has 1 atom stereocenters. The summed E-state index contributed by atoms with van der Waals surface area (Å²) in [5.74, 6) is -3.78. The van der Waals surface area contributed by atoms with E-state index in [1.54, 1.807) is 0 Å². The van der Waals surface area contributed by atoms with Crippen LogP contribution in [0.2, 0.25) is 0 Å². The molecule has 0 aliphatic rings. The highest BCUT2D eigenvalue weighted by atomic mass is 35.5. The van der Waals surface area contributed by atoms with Crippen molar-refractivity contribution in [1.82, 2.24) is 0 Å². The molecule has 1 aromatic rings. The van der Waals surface area contributed by atoms with Crippen LogP contribution in [0.25, 0.3) is 0 Å². The molecule has 0 fully saturated rings. The molecule has 5 heteroatoms. The first-order chi connectivity index (χ1) is 7.57. The lowest BCUT2D eigenvalue weighted by Crippen LogP contribution is -2.13. The number of nitrogens with two attached hydrogens (primary N) is 1. The van der Waals surface area contributed by atoms with Crippen LogP contribution in [-0.2, 0) is 0 Å². The van der Waals surface area contributed by atoms with E-state index >= 15 is 0 Å². The molecule has 2 N–H and O–H groups in total. The van der Waals surface area contributed by atoms with E-state index in [-0.39, 0.29) is 18.0 Å². The van der Waals surface area contributed by atoms with Crippen LogP contribution in [0, 0.1) is 17.5 Å². The highest BCUT2D eigenvalue weighted by Crippen LogP contribution is 2.23. The van der Waals surface area contributed by atoms with E-state index in [1.165, 1.54) is 6.07 Å². The van der Waals surface area contributed by atoms with Crippen molar-refractivity contribution in [2.75, 3.05) is 0 Å². The van der Waals surface area contributed by atoms with Crippen molar-refractivity contribution in [2.24, 2.45) is 5.73 Å². The van der Waals surface area contributed by atoms with Gasteiger partial charge in [-0.1, -0.05) is 32.3 Å². The number of hydrogen-bond acceptors (Lipinski definition) is 1. The summed E-state index contributed by atoms with van der Waals surface area (Å²) in [5.41, 5.74) is 5.78. The van der Waals surface area contributed by atoms with Crippen molar-refractivity contribution in [3.8, 4) is 0 Å². The standard InChI is InChI=1S/C12H16F3N.ClH/c1-2-3-4-5-10(16)8-6-7-9(13)12(15)11(8)14;/h6-7,10H,2-5,16H2,1H3;1H/t10-;/m1./s1. The molecule has 0 unspecified atom stereocenters. The molecule has 0 saturated carbocycles. The molecule has 0 aromatic heterocycles. The minimum Gasteiger partial charge on any atom is -0.324 e. The number of benzene rings is 1. The SMILES string of the molecule is CCCCC[C@@H](N)c1ccc(F)c(F)c1F.Cl. The minimum absolute atomic E-state index is 0. The fraction of sp³-hybridized carbons (Fsp3) is 0.500. The van der Waals surface area contributed by atoms with Gasteiger partial charge in [-0.25, -0.2) is 13.2 Å². The molecule has 0 aliphatic heterocycles. The Hall–Kier alpha value is -0.740. The second kappa shape index (κ2) is 7.56. The highest BCUT2D eigenvalue weighted by Gasteiger charge is 2.17. The Morgan fingerprint density at radius 3 is 2.35 bits per heavy atom. The van der Waals surface area contributed by atoms with E-state index < -0.39 is 23.5 Å². The molecule has 0 bridgehead atoms. The van der Waals surface area contributed by atoms with E-state index in [0.717, 1.165) is 25.3 Å². The van der Waals surface area contributed by atoms with Gasteiger partial charge in [0.05, 0.1) is 0 Å². The summed E-state index contributed by atoms with van der Waals surface area (Å²) < 4.78 is 38.9. The van der Waals surface area contributed by atoms with Gasteiger partial charge in [0, 0.05) is 11.6 Å². The fourth-order valence-corrected chi connectivity index (χ4v) is 1.60. The smallest absolute Gasteiger partial charge is 0.194 e. The molecule has 98 valence electrons. The van der Waals surface area contributed by atoms with E-state index in [1.807, 2.05) is 6.92 Å². The van der Waals surface area contributed by atoms with E-state index in [4.69, 9.17) is 5.73 Å². The first kappa shape index (κ1) is 16.3. The van der Waals surface area contributed by atoms with Crippen LogP contribution < -0.4 is 5.73 Å². The van der Waals surface area contributed by atoms with Crippen LogP contribution in [0.1, 0.15) is 44.2 Å². The normalized spacial score (nSPS) is 12.1. The summed E-state index contributed by atoms with van der Waals surface area (Å²) in [6.45, 7) is 2.05. The average molecular weight is 268 g/mol. The van der Waals surface area contributed by atoms with Gasteiger partial charge in [0.2, 0.25) is 0 Å². The van der Waals surface area contributed by atoms with E-state index in [9.17, 15) is 13.2 Å². The van der Waals surface area contributed by atoms with Gasteiger partial charge in [-0.3, -0.25) is 0 Å². The zero-order chi connectivity index (χ0) is 12.1. The summed E-state index contributed by atoms with van der Waals surface area (Å²) in [5, 5.41) is 0. The lowest BCUT2D eigenvalue weighted by molar-refractivity contribution is 0.431. The summed E-state index contributed by atoms with van der Waals surface area (Å²) in [4.78, 5) is 0. The maximum absolute atomic E-state index is 13.3. The van der Waals surface area contributed by atoms with Crippen molar-refractivity contribution in [2.45, 2.75) is 38.6 Å². The zero-order valence-corrected chi connectivity index (χ0v) is 10.5. The van der Waals surface area contributed by atoms with Gasteiger partial charge in [0.1, 0.15) is 0 Å². The van der Waals surface area contributed by atoms with Crippen LogP contribution in [0.5, 0.6) is 0 Å². The van der Waals surface area contributed by atoms with Gasteiger partial charge in [0.15, 0.2) is 17.5 Å². The van der Waals surface area contributed by atoms with Crippen molar-refractivity contribution in [3.05, 3.63) is 35.1 Å². The average Bonchev–Trinajstić information content (AvgIpc) is 2.26. The molecule has 17 heavy (non-hydrogen) atoms. The zero-order valence-electron chi connectivity index (χ0n) is 9.68. The Morgan fingerprint density at radius 2 is 1.76 bits per heavy atom. The molecule has 1 rings (SSSR count). The lowest BCUT2D eigenvalue weighted by atomic mass is 10.0. The van der Waals surface area contributed by atoms with Crippen molar-refractivity contribution < 1.29 is 13.2 Å². The molecule has 0 aliphatic carbocycles. The summed E-state index contributed by atoms with van der Waals surface area (Å²) in [6, 6.07) is 1.55. The summed E-state index contributed by atoms with van der Waals surface area (Å²) in [6.07, 6.45) is 3.47. The molecule has 0 heterocycles. The van der Waals surface area contributed by atoms with Crippen molar-refractivity contribution in [1.29, 1.82) is 0 Å². The van der Waals surface area contributed by atoms with Gasteiger partial charge in [-0.2, -0.15) is 0 Å². The maximum atomic E-state index is 13.3. The topological polar surface area (TPSA) is 26.0 Å². The van der Waals surface area contributed by atoms with Crippen molar-refractivity contribution in [3.63, 3.8) is 0 Å². The first-order valence-corrected chi connectivity index (χ1v) is 5.46. The molecule has 0 saturated heterocycles. The van der Waals surface area contributed by atoms with Gasteiger partial charge in [-0.15, -0.1) is 12.4 Å². The molecule has 0 radical (unpaired) electrons. The number of unbranched alkanes of at least 4 members (excludes halogenated alkanes) is 2. The Morgan fingerprint density at radius 1 is 1.12 bits per heavy atom. The summed E-state index contributed by atoms with van der Waals surface area (Å²) in [7, 11) is 0. The van der Waals surface area contributed by atoms with Gasteiger partial charge in [0.25, 0.3) is 0 Å². The van der Waals surface area contributed by atoms with Crippen LogP contribution in [-0.4, -0.2) is 0 Å². The summed E-state index contributed by atoms with van der Waals surface area (Å²) >= 11 is 0. The van der Waals surface area contributed by atoms with Gasteiger partial charge >= 0.3 is 0 Å². The second-order valence-corrected chi connectivity index (χ2v) is 3.87. The Bertz CT molecular complexity index is 358. The minimum atomic E-state index is -1.44. The lowest BCUT2D eigenvalue weighted by Gasteiger charge is -2.13. The van der Waals surface area contributed by atoms with Crippen LogP contribution in [0.15, 0.2) is 12.1 Å². The molecule has 1 nitrogen and oxygen atoms in total. The largest absolute Gasteiger partial charge is 0.324 e. The number of rotatable bonds is 5. The Kier molecular flexibility index (Phi) is 7.23. The fourth-order valence-electron chi connectivity index (χ4n) is 1.60. The predicted molar refractivity (Wildman–Crippen MR) is 64.6 cm³/mol. The quantitative estimate of drug-likeness (QED) is 0.631. The third-order valence-electron chi connectivity index (χ3n) is 2.58. The number of hydrogen-bond donors (Lipinski definition) is 1. The third kappa shape index (κ3) is 4.21. The van der Waals surface area contributed by atoms with Crippen LogP contribution >= 0.6 is 12.4 Å². The van der Waals surface area contributed by atoms with Gasteiger partial charge in [-0.05, 0) is 12.5 Å². The third-order valence-corrected chi connectivity index (χ3v) is 2.58. The molecule has 1 aromatic carbocycles. The molecule has 0 amide bonds. The second-order valence-electron chi connectivity index (χ2n) is 3.87. The van der Waals surface area contributed by atoms with Crippen LogP contribution in [0.3, 0.4) is 0 Å². The highest BCUT2D eigenvalue weighted by molar-refractivity contribution is 5.85. The maximum Gasteiger partial charge on any atom is 0.194 e. The first-order valence-electron chi connectivity index (χ1n) is 5.46. The molecular formula is C12H17ClF3N. The van der Waals surface area contributed by atoms with E-state index in [2.05, 4.69) is 0 Å². The van der Waals surface area contributed by atoms with Crippen molar-refractivity contribution >= 4 is 12.4 Å². The van der Waals surface area contributed by atoms with Gasteiger partial charge < -0.3 is 5.73 Å².